The van der Waals surface area contributed by atoms with Crippen LogP contribution in [0.15, 0.2) is 18.2 Å². The molecule has 0 saturated carbocycles. The minimum Gasteiger partial charge on any atom is -0.478 e. The Morgan fingerprint density at radius 3 is 2.35 bits per heavy atom. The summed E-state index contributed by atoms with van der Waals surface area (Å²) in [6.45, 7) is 5.62. The third-order valence-corrected chi connectivity index (χ3v) is 2.52. The van der Waals surface area contributed by atoms with E-state index in [4.69, 9.17) is 5.11 Å². The zero-order valence-corrected chi connectivity index (χ0v) is 10.2. The molecular weight excluding hydrogens is 221 g/mol. The fourth-order valence-electron chi connectivity index (χ4n) is 1.85. The molecule has 1 aromatic carbocycles. The van der Waals surface area contributed by atoms with E-state index >= 15 is 0 Å². The lowest BCUT2D eigenvalue weighted by Gasteiger charge is -2.25. The second kappa shape index (κ2) is 6.23. The van der Waals surface area contributed by atoms with Crippen LogP contribution in [-0.4, -0.2) is 24.2 Å². The van der Waals surface area contributed by atoms with Gasteiger partial charge in [-0.05, 0) is 31.0 Å². The molecule has 17 heavy (non-hydrogen) atoms. The van der Waals surface area contributed by atoms with Crippen molar-refractivity contribution in [2.45, 2.75) is 26.7 Å². The monoisotopic (exact) mass is 239 g/mol. The van der Waals surface area contributed by atoms with Crippen LogP contribution in [0.2, 0.25) is 0 Å². The van der Waals surface area contributed by atoms with Gasteiger partial charge in [-0.2, -0.15) is 0 Å². The zero-order valence-electron chi connectivity index (χ0n) is 10.2. The van der Waals surface area contributed by atoms with Crippen molar-refractivity contribution in [3.05, 3.63) is 29.6 Å². The van der Waals surface area contributed by atoms with Gasteiger partial charge in [0.1, 0.15) is 5.82 Å². The highest BCUT2D eigenvalue weighted by atomic mass is 19.1. The van der Waals surface area contributed by atoms with E-state index in [-0.39, 0.29) is 5.56 Å². The van der Waals surface area contributed by atoms with Gasteiger partial charge in [0, 0.05) is 13.1 Å². The van der Waals surface area contributed by atoms with Crippen LogP contribution in [0.1, 0.15) is 37.0 Å². The Kier molecular flexibility index (Phi) is 4.94. The van der Waals surface area contributed by atoms with Crippen LogP contribution in [0.4, 0.5) is 10.1 Å². The highest BCUT2D eigenvalue weighted by Crippen LogP contribution is 2.22. The Labute approximate surface area is 101 Å². The molecule has 0 fully saturated rings. The van der Waals surface area contributed by atoms with Gasteiger partial charge in [0.15, 0.2) is 0 Å². The Hall–Kier alpha value is -1.58. The number of benzene rings is 1. The second-order valence-corrected chi connectivity index (χ2v) is 3.95. The molecule has 0 amide bonds. The number of rotatable bonds is 6. The minimum absolute atomic E-state index is 0.0342. The first-order valence-corrected chi connectivity index (χ1v) is 5.88. The third-order valence-electron chi connectivity index (χ3n) is 2.52. The average Bonchev–Trinajstić information content (AvgIpc) is 2.28. The van der Waals surface area contributed by atoms with Gasteiger partial charge < -0.3 is 10.0 Å². The highest BCUT2D eigenvalue weighted by molar-refractivity contribution is 5.94. The van der Waals surface area contributed by atoms with Crippen LogP contribution in [0.3, 0.4) is 0 Å². The summed E-state index contributed by atoms with van der Waals surface area (Å²) in [6.07, 6.45) is 1.85. The van der Waals surface area contributed by atoms with Gasteiger partial charge in [0.25, 0.3) is 0 Å². The van der Waals surface area contributed by atoms with Crippen LogP contribution in [-0.2, 0) is 0 Å². The van der Waals surface area contributed by atoms with E-state index < -0.39 is 11.8 Å². The smallest absolute Gasteiger partial charge is 0.337 e. The summed E-state index contributed by atoms with van der Waals surface area (Å²) < 4.78 is 13.1. The molecule has 0 aliphatic heterocycles. The highest BCUT2D eigenvalue weighted by Gasteiger charge is 2.15. The lowest BCUT2D eigenvalue weighted by molar-refractivity contribution is 0.0697. The molecular formula is C13H18FNO2. The Morgan fingerprint density at radius 1 is 1.29 bits per heavy atom. The van der Waals surface area contributed by atoms with Crippen molar-refractivity contribution >= 4 is 11.7 Å². The molecule has 0 radical (unpaired) electrons. The molecule has 0 aliphatic carbocycles. The number of anilines is 1. The van der Waals surface area contributed by atoms with E-state index in [1.165, 1.54) is 6.07 Å². The van der Waals surface area contributed by atoms with Crippen LogP contribution in [0.25, 0.3) is 0 Å². The number of hydrogen-bond acceptors (Lipinski definition) is 2. The van der Waals surface area contributed by atoms with Crippen molar-refractivity contribution in [2.75, 3.05) is 18.0 Å². The van der Waals surface area contributed by atoms with E-state index in [0.29, 0.717) is 5.69 Å². The number of halogens is 1. The van der Waals surface area contributed by atoms with Crippen molar-refractivity contribution < 1.29 is 14.3 Å². The summed E-state index contributed by atoms with van der Waals surface area (Å²) >= 11 is 0. The Balaban J connectivity index is 3.12. The molecule has 94 valence electrons. The molecule has 1 aromatic rings. The van der Waals surface area contributed by atoms with Crippen molar-refractivity contribution in [2.24, 2.45) is 0 Å². The molecule has 1 rings (SSSR count). The van der Waals surface area contributed by atoms with Gasteiger partial charge in [-0.25, -0.2) is 9.18 Å². The van der Waals surface area contributed by atoms with Crippen LogP contribution < -0.4 is 4.90 Å². The molecule has 0 spiro atoms. The molecule has 0 aliphatic rings. The number of aromatic carboxylic acids is 1. The van der Waals surface area contributed by atoms with Gasteiger partial charge in [-0.3, -0.25) is 0 Å². The fraction of sp³-hybridized carbons (Fsp3) is 0.462. The average molecular weight is 239 g/mol. The Bertz CT molecular complexity index is 387. The fourth-order valence-corrected chi connectivity index (χ4v) is 1.85. The first-order chi connectivity index (χ1) is 8.10. The van der Waals surface area contributed by atoms with E-state index in [2.05, 4.69) is 0 Å². The van der Waals surface area contributed by atoms with Gasteiger partial charge in [0.2, 0.25) is 0 Å². The SMILES string of the molecule is CCCN(CCC)c1ccc(F)cc1C(=O)O. The lowest BCUT2D eigenvalue weighted by Crippen LogP contribution is -2.26. The summed E-state index contributed by atoms with van der Waals surface area (Å²) in [7, 11) is 0. The maximum Gasteiger partial charge on any atom is 0.337 e. The largest absolute Gasteiger partial charge is 0.478 e. The molecule has 0 unspecified atom stereocenters. The Morgan fingerprint density at radius 2 is 1.88 bits per heavy atom. The first kappa shape index (κ1) is 13.5. The predicted octanol–water partition coefficient (Wildman–Crippen LogP) is 3.15. The maximum absolute atomic E-state index is 13.1. The molecule has 1 N–H and O–H groups in total. The van der Waals surface area contributed by atoms with Gasteiger partial charge in [-0.15, -0.1) is 0 Å². The van der Waals surface area contributed by atoms with Crippen molar-refractivity contribution in [1.29, 1.82) is 0 Å². The van der Waals surface area contributed by atoms with Crippen LogP contribution >= 0.6 is 0 Å². The molecule has 0 heterocycles. The second-order valence-electron chi connectivity index (χ2n) is 3.95. The number of carbonyl (C=O) groups is 1. The number of nitrogens with zero attached hydrogens (tertiary/aromatic N) is 1. The number of carboxylic acid groups (broad SMARTS) is 1. The molecule has 3 nitrogen and oxygen atoms in total. The lowest BCUT2D eigenvalue weighted by atomic mass is 10.1. The topological polar surface area (TPSA) is 40.5 Å². The van der Waals surface area contributed by atoms with Gasteiger partial charge in [0.05, 0.1) is 11.3 Å². The number of carboxylic acids is 1. The molecule has 0 aromatic heterocycles. The van der Waals surface area contributed by atoms with Gasteiger partial charge >= 0.3 is 5.97 Å². The number of hydrogen-bond donors (Lipinski definition) is 1. The van der Waals surface area contributed by atoms with Crippen molar-refractivity contribution in [3.63, 3.8) is 0 Å². The summed E-state index contributed by atoms with van der Waals surface area (Å²) in [4.78, 5) is 13.1. The standard InChI is InChI=1S/C13H18FNO2/c1-3-7-15(8-4-2)12-6-5-10(14)9-11(12)13(16)17/h5-6,9H,3-4,7-8H2,1-2H3,(H,16,17). The zero-order chi connectivity index (χ0) is 12.8. The summed E-state index contributed by atoms with van der Waals surface area (Å²) in [5.41, 5.74) is 0.634. The van der Waals surface area contributed by atoms with E-state index in [1.807, 2.05) is 18.7 Å². The summed E-state index contributed by atoms with van der Waals surface area (Å²) in [6, 6.07) is 3.93. The molecule has 0 atom stereocenters. The summed E-state index contributed by atoms with van der Waals surface area (Å²) in [5.74, 6) is -1.60. The maximum atomic E-state index is 13.1. The third kappa shape index (κ3) is 3.44. The molecule has 0 bridgehead atoms. The molecule has 0 saturated heterocycles. The van der Waals surface area contributed by atoms with Crippen molar-refractivity contribution in [1.82, 2.24) is 0 Å². The predicted molar refractivity (Wildman–Crippen MR) is 66.2 cm³/mol. The van der Waals surface area contributed by atoms with Crippen molar-refractivity contribution in [3.8, 4) is 0 Å². The van der Waals surface area contributed by atoms with E-state index in [9.17, 15) is 9.18 Å². The normalized spacial score (nSPS) is 10.3. The quantitative estimate of drug-likeness (QED) is 0.829. The van der Waals surface area contributed by atoms with Gasteiger partial charge in [-0.1, -0.05) is 13.8 Å². The first-order valence-electron chi connectivity index (χ1n) is 5.88. The summed E-state index contributed by atoms with van der Waals surface area (Å²) in [5, 5.41) is 9.08. The van der Waals surface area contributed by atoms with Crippen LogP contribution in [0, 0.1) is 5.82 Å². The van der Waals surface area contributed by atoms with E-state index in [0.717, 1.165) is 32.0 Å². The minimum atomic E-state index is -1.09. The van der Waals surface area contributed by atoms with E-state index in [1.54, 1.807) is 6.07 Å². The van der Waals surface area contributed by atoms with Crippen LogP contribution in [0.5, 0.6) is 0 Å². The molecule has 4 heteroatoms.